The van der Waals surface area contributed by atoms with Gasteiger partial charge in [-0.05, 0) is 30.5 Å². The van der Waals surface area contributed by atoms with Crippen molar-refractivity contribution in [3.8, 4) is 0 Å². The minimum atomic E-state index is 0.676. The molecule has 0 aliphatic carbocycles. The van der Waals surface area contributed by atoms with E-state index in [0.717, 1.165) is 0 Å². The molecule has 0 amide bonds. The first kappa shape index (κ1) is 13.6. The van der Waals surface area contributed by atoms with Gasteiger partial charge in [-0.25, -0.2) is 0 Å². The third kappa shape index (κ3) is 5.60. The third-order valence-corrected chi connectivity index (χ3v) is 3.59. The van der Waals surface area contributed by atoms with Gasteiger partial charge in [0.1, 0.15) is 0 Å². The molecule has 0 aliphatic rings. The molecule has 90 valence electrons. The summed E-state index contributed by atoms with van der Waals surface area (Å²) in [6, 6.07) is 9.03. The summed E-state index contributed by atoms with van der Waals surface area (Å²) in [5, 5.41) is 0.676. The van der Waals surface area contributed by atoms with E-state index in [1.165, 1.54) is 42.6 Å². The van der Waals surface area contributed by atoms with Crippen molar-refractivity contribution in [1.82, 2.24) is 0 Å². The summed E-state index contributed by atoms with van der Waals surface area (Å²) in [5.41, 5.74) is 1.50. The van der Waals surface area contributed by atoms with Crippen molar-refractivity contribution in [3.05, 3.63) is 29.8 Å². The molecule has 0 saturated heterocycles. The molecule has 1 aromatic rings. The number of rotatable bonds is 7. The fourth-order valence-corrected chi connectivity index (χ4v) is 2.72. The minimum Gasteiger partial charge on any atom is -0.123 e. The second kappa shape index (κ2) is 7.78. The van der Waals surface area contributed by atoms with Gasteiger partial charge >= 0.3 is 0 Å². The van der Waals surface area contributed by atoms with Crippen LogP contribution in [-0.2, 0) is 6.42 Å². The maximum atomic E-state index is 2.36. The number of thioether (sulfide) groups is 1. The Labute approximate surface area is 105 Å². The van der Waals surface area contributed by atoms with Crippen LogP contribution in [0.3, 0.4) is 0 Å². The van der Waals surface area contributed by atoms with Gasteiger partial charge in [-0.3, -0.25) is 0 Å². The highest BCUT2D eigenvalue weighted by Gasteiger charge is 1.99. The third-order valence-electron chi connectivity index (χ3n) is 2.59. The standard InChI is InChI=1S/C15H24S/c1-4-5-6-7-9-14-10-8-11-15(12-14)16-13(2)3/h8,10-13H,4-7,9H2,1-3H3. The Morgan fingerprint density at radius 3 is 2.62 bits per heavy atom. The normalized spacial score (nSPS) is 11.0. The maximum absolute atomic E-state index is 2.36. The number of benzene rings is 1. The predicted octanol–water partition coefficient (Wildman–Crippen LogP) is 5.31. The number of hydrogen-bond donors (Lipinski definition) is 0. The van der Waals surface area contributed by atoms with Gasteiger partial charge in [0.15, 0.2) is 0 Å². The Bertz CT molecular complexity index is 291. The van der Waals surface area contributed by atoms with Gasteiger partial charge in [-0.2, -0.15) is 0 Å². The maximum Gasteiger partial charge on any atom is 0.00773 e. The van der Waals surface area contributed by atoms with Gasteiger partial charge in [-0.1, -0.05) is 52.2 Å². The van der Waals surface area contributed by atoms with E-state index < -0.39 is 0 Å². The molecule has 1 aromatic carbocycles. The smallest absolute Gasteiger partial charge is 0.00773 e. The molecule has 0 aliphatic heterocycles. The van der Waals surface area contributed by atoms with Gasteiger partial charge in [0.25, 0.3) is 0 Å². The summed E-state index contributed by atoms with van der Waals surface area (Å²) in [6.45, 7) is 6.76. The zero-order valence-electron chi connectivity index (χ0n) is 10.8. The summed E-state index contributed by atoms with van der Waals surface area (Å²) < 4.78 is 0. The summed E-state index contributed by atoms with van der Waals surface area (Å²) in [7, 11) is 0. The number of unbranched alkanes of at least 4 members (excludes halogenated alkanes) is 3. The van der Waals surface area contributed by atoms with Crippen molar-refractivity contribution in [2.24, 2.45) is 0 Å². The van der Waals surface area contributed by atoms with Crippen LogP contribution in [-0.4, -0.2) is 5.25 Å². The molecule has 0 unspecified atom stereocenters. The summed E-state index contributed by atoms with van der Waals surface area (Å²) in [4.78, 5) is 1.42. The monoisotopic (exact) mass is 236 g/mol. The molecule has 0 nitrogen and oxygen atoms in total. The molecule has 0 atom stereocenters. The van der Waals surface area contributed by atoms with Crippen molar-refractivity contribution in [2.75, 3.05) is 0 Å². The SMILES string of the molecule is CCCCCCc1cccc(SC(C)C)c1. The van der Waals surface area contributed by atoms with Gasteiger partial charge in [-0.15, -0.1) is 11.8 Å². The van der Waals surface area contributed by atoms with Crippen LogP contribution >= 0.6 is 11.8 Å². The van der Waals surface area contributed by atoms with Gasteiger partial charge in [0, 0.05) is 10.1 Å². The highest BCUT2D eigenvalue weighted by molar-refractivity contribution is 7.99. The molecule has 0 N–H and O–H groups in total. The van der Waals surface area contributed by atoms with Crippen LogP contribution in [0.15, 0.2) is 29.2 Å². The Morgan fingerprint density at radius 1 is 1.12 bits per heavy atom. The zero-order chi connectivity index (χ0) is 11.8. The Hall–Kier alpha value is -0.430. The van der Waals surface area contributed by atoms with Gasteiger partial charge in [0.05, 0.1) is 0 Å². The van der Waals surface area contributed by atoms with E-state index in [2.05, 4.69) is 45.0 Å². The average Bonchev–Trinajstić information content (AvgIpc) is 2.24. The first-order valence-corrected chi connectivity index (χ1v) is 7.36. The van der Waals surface area contributed by atoms with E-state index in [1.54, 1.807) is 0 Å². The molecule has 0 spiro atoms. The van der Waals surface area contributed by atoms with E-state index in [1.807, 2.05) is 11.8 Å². The zero-order valence-corrected chi connectivity index (χ0v) is 11.6. The van der Waals surface area contributed by atoms with Gasteiger partial charge in [0.2, 0.25) is 0 Å². The van der Waals surface area contributed by atoms with Crippen LogP contribution in [0, 0.1) is 0 Å². The van der Waals surface area contributed by atoms with Crippen molar-refractivity contribution in [1.29, 1.82) is 0 Å². The Morgan fingerprint density at radius 2 is 1.94 bits per heavy atom. The van der Waals surface area contributed by atoms with E-state index in [4.69, 9.17) is 0 Å². The summed E-state index contributed by atoms with van der Waals surface area (Å²) >= 11 is 1.96. The fraction of sp³-hybridized carbons (Fsp3) is 0.600. The van der Waals surface area contributed by atoms with Crippen LogP contribution < -0.4 is 0 Å². The van der Waals surface area contributed by atoms with E-state index in [-0.39, 0.29) is 0 Å². The average molecular weight is 236 g/mol. The highest BCUT2D eigenvalue weighted by Crippen LogP contribution is 2.24. The fourth-order valence-electron chi connectivity index (χ4n) is 1.80. The van der Waals surface area contributed by atoms with Crippen LogP contribution in [0.2, 0.25) is 0 Å². The first-order chi connectivity index (χ1) is 7.72. The topological polar surface area (TPSA) is 0 Å². The number of hydrogen-bond acceptors (Lipinski definition) is 1. The van der Waals surface area contributed by atoms with Crippen LogP contribution in [0.25, 0.3) is 0 Å². The van der Waals surface area contributed by atoms with Crippen molar-refractivity contribution < 1.29 is 0 Å². The predicted molar refractivity (Wildman–Crippen MR) is 75.3 cm³/mol. The molecular weight excluding hydrogens is 212 g/mol. The van der Waals surface area contributed by atoms with E-state index in [0.29, 0.717) is 5.25 Å². The molecular formula is C15H24S. The highest BCUT2D eigenvalue weighted by atomic mass is 32.2. The van der Waals surface area contributed by atoms with E-state index >= 15 is 0 Å². The molecule has 1 heteroatoms. The summed E-state index contributed by atoms with van der Waals surface area (Å²) in [6.07, 6.45) is 6.65. The lowest BCUT2D eigenvalue weighted by Gasteiger charge is -2.07. The number of aryl methyl sites for hydroxylation is 1. The van der Waals surface area contributed by atoms with Crippen LogP contribution in [0.1, 0.15) is 52.0 Å². The van der Waals surface area contributed by atoms with E-state index in [9.17, 15) is 0 Å². The molecule has 0 heterocycles. The molecule has 0 fully saturated rings. The quantitative estimate of drug-likeness (QED) is 0.456. The Balaban J connectivity index is 2.41. The molecule has 16 heavy (non-hydrogen) atoms. The molecule has 0 bridgehead atoms. The van der Waals surface area contributed by atoms with Crippen molar-refractivity contribution >= 4 is 11.8 Å². The molecule has 0 saturated carbocycles. The van der Waals surface area contributed by atoms with Gasteiger partial charge < -0.3 is 0 Å². The molecule has 0 aromatic heterocycles. The van der Waals surface area contributed by atoms with Crippen LogP contribution in [0.5, 0.6) is 0 Å². The summed E-state index contributed by atoms with van der Waals surface area (Å²) in [5.74, 6) is 0. The van der Waals surface area contributed by atoms with Crippen molar-refractivity contribution in [2.45, 2.75) is 63.0 Å². The molecule has 1 rings (SSSR count). The second-order valence-corrected chi connectivity index (χ2v) is 6.27. The lowest BCUT2D eigenvalue weighted by Crippen LogP contribution is -1.89. The lowest BCUT2D eigenvalue weighted by molar-refractivity contribution is 0.666. The van der Waals surface area contributed by atoms with Crippen LogP contribution in [0.4, 0.5) is 0 Å². The largest absolute Gasteiger partial charge is 0.123 e. The molecule has 0 radical (unpaired) electrons. The van der Waals surface area contributed by atoms with Crippen molar-refractivity contribution in [3.63, 3.8) is 0 Å². The minimum absolute atomic E-state index is 0.676. The lowest BCUT2D eigenvalue weighted by atomic mass is 10.1. The Kier molecular flexibility index (Phi) is 6.63. The first-order valence-electron chi connectivity index (χ1n) is 6.48. The second-order valence-electron chi connectivity index (χ2n) is 4.62.